The number of ether oxygens (including phenoxy) is 2. The first-order valence-corrected chi connectivity index (χ1v) is 8.58. The molecule has 0 unspecified atom stereocenters. The summed E-state index contributed by atoms with van der Waals surface area (Å²) in [7, 11) is 1.63. The van der Waals surface area contributed by atoms with Gasteiger partial charge in [0.1, 0.15) is 29.8 Å². The molecule has 2 aromatic carbocycles. The number of aryl methyl sites for hydroxylation is 1. The lowest BCUT2D eigenvalue weighted by Crippen LogP contribution is -2.19. The molecule has 0 amide bonds. The van der Waals surface area contributed by atoms with Crippen molar-refractivity contribution in [2.24, 2.45) is 0 Å². The van der Waals surface area contributed by atoms with Gasteiger partial charge in [0.2, 0.25) is 0 Å². The van der Waals surface area contributed by atoms with Gasteiger partial charge in [0.25, 0.3) is 0 Å². The molecule has 0 aliphatic carbocycles. The summed E-state index contributed by atoms with van der Waals surface area (Å²) in [6.07, 6.45) is 1.69. The molecule has 138 valence electrons. The van der Waals surface area contributed by atoms with Crippen LogP contribution in [0.15, 0.2) is 63.8 Å². The van der Waals surface area contributed by atoms with Gasteiger partial charge in [-0.2, -0.15) is 0 Å². The number of methoxy groups -OCH3 is 1. The number of rotatable bonds is 5. The maximum absolute atomic E-state index is 11.6. The topological polar surface area (TPSA) is 69.9 Å². The Kier molecular flexibility index (Phi) is 4.56. The van der Waals surface area contributed by atoms with Gasteiger partial charge in [-0.25, -0.2) is 4.79 Å². The zero-order chi connectivity index (χ0) is 18.8. The second-order valence-electron chi connectivity index (χ2n) is 6.26. The van der Waals surface area contributed by atoms with Crippen molar-refractivity contribution in [3.63, 3.8) is 0 Å². The van der Waals surface area contributed by atoms with E-state index >= 15 is 0 Å². The van der Waals surface area contributed by atoms with Crippen molar-refractivity contribution < 1.29 is 18.7 Å². The minimum absolute atomic E-state index is 0.259. The first kappa shape index (κ1) is 17.2. The van der Waals surface area contributed by atoms with E-state index in [1.54, 1.807) is 13.2 Å². The average Bonchev–Trinajstić information content (AvgIpc) is 3.14. The Balaban J connectivity index is 1.49. The third-order valence-corrected chi connectivity index (χ3v) is 4.41. The third kappa shape index (κ3) is 3.52. The Bertz CT molecular complexity index is 1070. The second kappa shape index (κ2) is 7.17. The van der Waals surface area contributed by atoms with E-state index in [0.29, 0.717) is 17.9 Å². The molecule has 6 nitrogen and oxygen atoms in total. The van der Waals surface area contributed by atoms with Crippen LogP contribution >= 0.6 is 0 Å². The minimum Gasteiger partial charge on any atom is -0.496 e. The normalized spacial score (nSPS) is 16.1. The van der Waals surface area contributed by atoms with Gasteiger partial charge in [0, 0.05) is 23.1 Å². The Morgan fingerprint density at radius 1 is 1.15 bits per heavy atom. The summed E-state index contributed by atoms with van der Waals surface area (Å²) in [6.45, 7) is 2.19. The zero-order valence-corrected chi connectivity index (χ0v) is 15.0. The van der Waals surface area contributed by atoms with Crippen molar-refractivity contribution >= 4 is 16.7 Å². The number of hydrogen-bond donors (Lipinski definition) is 1. The lowest BCUT2D eigenvalue weighted by molar-refractivity contribution is 0.0235. The van der Waals surface area contributed by atoms with Crippen molar-refractivity contribution in [2.45, 2.75) is 13.0 Å². The van der Waals surface area contributed by atoms with Gasteiger partial charge >= 0.3 is 5.63 Å². The number of hydrogen-bond acceptors (Lipinski definition) is 6. The summed E-state index contributed by atoms with van der Waals surface area (Å²) in [5, 5.41) is 0.888. The van der Waals surface area contributed by atoms with Crippen LogP contribution in [0, 0.1) is 6.92 Å². The number of benzene rings is 2. The monoisotopic (exact) mass is 365 g/mol. The molecule has 1 N–H and O–H groups in total. The molecular formula is C21H19NO5. The highest BCUT2D eigenvalue weighted by atomic mass is 16.7. The molecule has 1 aliphatic rings. The molecule has 4 rings (SSSR count). The lowest BCUT2D eigenvalue weighted by atomic mass is 10.1. The Morgan fingerprint density at radius 2 is 2.00 bits per heavy atom. The summed E-state index contributed by atoms with van der Waals surface area (Å²) >= 11 is 0. The Hall–Kier alpha value is -3.25. The van der Waals surface area contributed by atoms with Crippen LogP contribution < -0.4 is 20.6 Å². The number of hydroxylamine groups is 1. The van der Waals surface area contributed by atoms with Crippen LogP contribution in [0.1, 0.15) is 11.1 Å². The van der Waals surface area contributed by atoms with Crippen LogP contribution in [0.25, 0.3) is 16.7 Å². The highest BCUT2D eigenvalue weighted by molar-refractivity contribution is 5.81. The zero-order valence-electron chi connectivity index (χ0n) is 15.0. The molecule has 2 heterocycles. The summed E-state index contributed by atoms with van der Waals surface area (Å²) in [5.74, 6) is 1.38. The fraction of sp³-hybridized carbons (Fsp3) is 0.190. The van der Waals surface area contributed by atoms with Gasteiger partial charge < -0.3 is 13.9 Å². The molecule has 0 bridgehead atoms. The molecule has 27 heavy (non-hydrogen) atoms. The first-order chi connectivity index (χ1) is 13.1. The Labute approximate surface area is 155 Å². The van der Waals surface area contributed by atoms with Gasteiger partial charge in [-0.15, -0.1) is 0 Å². The standard InChI is InChI=1S/C21H19NO5/c1-13-9-21(23)26-20-11-14(7-8-16(13)20)25-12-15-10-18(22-27-15)17-5-3-4-6-19(17)24-2/h3-11,15,22H,12H2,1-2H3/t15-/m0/s1. The average molecular weight is 365 g/mol. The summed E-state index contributed by atoms with van der Waals surface area (Å²) < 4.78 is 16.4. The fourth-order valence-electron chi connectivity index (χ4n) is 3.06. The fourth-order valence-corrected chi connectivity index (χ4v) is 3.06. The SMILES string of the molecule is COc1ccccc1C1=C[C@@H](COc2ccc3c(C)cc(=O)oc3c2)ON1. The van der Waals surface area contributed by atoms with Crippen LogP contribution in [0.3, 0.4) is 0 Å². The van der Waals surface area contributed by atoms with E-state index in [1.165, 1.54) is 6.07 Å². The van der Waals surface area contributed by atoms with Crippen molar-refractivity contribution in [3.8, 4) is 11.5 Å². The Morgan fingerprint density at radius 3 is 2.85 bits per heavy atom. The molecule has 1 aliphatic heterocycles. The number of para-hydroxylation sites is 1. The molecule has 3 aromatic rings. The van der Waals surface area contributed by atoms with Gasteiger partial charge in [0.05, 0.1) is 12.8 Å². The third-order valence-electron chi connectivity index (χ3n) is 4.41. The number of nitrogens with one attached hydrogen (secondary N) is 1. The van der Waals surface area contributed by atoms with Crippen LogP contribution in [-0.2, 0) is 4.84 Å². The van der Waals surface area contributed by atoms with Gasteiger partial charge in [0.15, 0.2) is 0 Å². The molecule has 1 aromatic heterocycles. The molecular weight excluding hydrogens is 346 g/mol. The van der Waals surface area contributed by atoms with E-state index in [2.05, 4.69) is 5.48 Å². The van der Waals surface area contributed by atoms with E-state index in [-0.39, 0.29) is 11.7 Å². The van der Waals surface area contributed by atoms with Crippen LogP contribution in [0.5, 0.6) is 11.5 Å². The van der Waals surface area contributed by atoms with E-state index in [1.807, 2.05) is 49.4 Å². The highest BCUT2D eigenvalue weighted by Gasteiger charge is 2.20. The summed E-state index contributed by atoms with van der Waals surface area (Å²) in [5.41, 5.74) is 5.69. The minimum atomic E-state index is -0.371. The van der Waals surface area contributed by atoms with E-state index in [4.69, 9.17) is 18.7 Å². The molecule has 0 spiro atoms. The molecule has 0 fully saturated rings. The van der Waals surface area contributed by atoms with Crippen molar-refractivity contribution in [3.05, 3.63) is 76.2 Å². The van der Waals surface area contributed by atoms with Gasteiger partial charge in [-0.05, 0) is 42.8 Å². The van der Waals surface area contributed by atoms with Crippen LogP contribution in [0.2, 0.25) is 0 Å². The van der Waals surface area contributed by atoms with E-state index in [9.17, 15) is 4.79 Å². The molecule has 1 atom stereocenters. The second-order valence-corrected chi connectivity index (χ2v) is 6.26. The largest absolute Gasteiger partial charge is 0.496 e. The van der Waals surface area contributed by atoms with E-state index < -0.39 is 0 Å². The number of fused-ring (bicyclic) bond motifs is 1. The smallest absolute Gasteiger partial charge is 0.336 e. The van der Waals surface area contributed by atoms with Crippen molar-refractivity contribution in [1.29, 1.82) is 0 Å². The summed E-state index contributed by atoms with van der Waals surface area (Å²) in [4.78, 5) is 17.1. The van der Waals surface area contributed by atoms with Gasteiger partial charge in [-0.1, -0.05) is 12.1 Å². The lowest BCUT2D eigenvalue weighted by Gasteiger charge is -2.11. The first-order valence-electron chi connectivity index (χ1n) is 8.58. The van der Waals surface area contributed by atoms with E-state index in [0.717, 1.165) is 28.0 Å². The molecule has 6 heteroatoms. The molecule has 0 saturated heterocycles. The van der Waals surface area contributed by atoms with Gasteiger partial charge in [-0.3, -0.25) is 10.3 Å². The maximum Gasteiger partial charge on any atom is 0.336 e. The molecule has 0 radical (unpaired) electrons. The molecule has 0 saturated carbocycles. The maximum atomic E-state index is 11.6. The predicted octanol–water partition coefficient (Wildman–Crippen LogP) is 3.43. The van der Waals surface area contributed by atoms with Crippen molar-refractivity contribution in [1.82, 2.24) is 5.48 Å². The predicted molar refractivity (Wildman–Crippen MR) is 102 cm³/mol. The van der Waals surface area contributed by atoms with Crippen molar-refractivity contribution in [2.75, 3.05) is 13.7 Å². The highest BCUT2D eigenvalue weighted by Crippen LogP contribution is 2.28. The van der Waals surface area contributed by atoms with Crippen LogP contribution in [-0.4, -0.2) is 19.8 Å². The quantitative estimate of drug-likeness (QED) is 0.699. The summed E-state index contributed by atoms with van der Waals surface area (Å²) in [6, 6.07) is 14.6. The van der Waals surface area contributed by atoms with Crippen LogP contribution in [0.4, 0.5) is 0 Å².